The Labute approximate surface area is 206 Å². The third-order valence-electron chi connectivity index (χ3n) is 6.34. The van der Waals surface area contributed by atoms with E-state index >= 15 is 0 Å². The monoisotopic (exact) mass is 583 g/mol. The van der Waals surface area contributed by atoms with Crippen molar-refractivity contribution in [2.75, 3.05) is 38.4 Å². The molecular formula is C20H40F6NO5PS2. The van der Waals surface area contributed by atoms with Gasteiger partial charge in [0, 0.05) is 0 Å². The second-order valence-electron chi connectivity index (χ2n) is 9.00. The standard InChI is InChI=1S/C20H40F6NO5PS2/c1-5-8-11-15-33(18-14-32-4,16-12-9-6-2,17-13-10-7-3)27(34(28,29)19(21,22)23)35(30,31)20(24,25)26/h5-18H2,1-4H3. The Morgan fingerprint density at radius 3 is 1.17 bits per heavy atom. The molecule has 0 atom stereocenters. The molecule has 0 amide bonds. The van der Waals surface area contributed by atoms with E-state index in [1.54, 1.807) is 20.8 Å². The van der Waals surface area contributed by atoms with Gasteiger partial charge in [-0.25, -0.2) is 0 Å². The van der Waals surface area contributed by atoms with Crippen LogP contribution in [0.1, 0.15) is 78.6 Å². The maximum atomic E-state index is 13.9. The number of hydrogen-bond acceptors (Lipinski definition) is 5. The van der Waals surface area contributed by atoms with E-state index in [4.69, 9.17) is 4.74 Å². The first kappa shape index (κ1) is 34.8. The van der Waals surface area contributed by atoms with E-state index in [2.05, 4.69) is 0 Å². The second-order valence-corrected chi connectivity index (χ2v) is 19.3. The van der Waals surface area contributed by atoms with Crippen LogP contribution in [-0.2, 0) is 24.8 Å². The van der Waals surface area contributed by atoms with E-state index in [1.807, 2.05) is 0 Å². The normalized spacial score (nSPS) is 15.3. The van der Waals surface area contributed by atoms with Gasteiger partial charge in [-0.2, -0.15) is 0 Å². The van der Waals surface area contributed by atoms with Gasteiger partial charge in [-0.1, -0.05) is 0 Å². The summed E-state index contributed by atoms with van der Waals surface area (Å²) in [6.45, 7) is -0.0727. The molecule has 0 aliphatic heterocycles. The average molecular weight is 584 g/mol. The Kier molecular flexibility index (Phi) is 13.5. The summed E-state index contributed by atoms with van der Waals surface area (Å²) in [6, 6.07) is 0. The van der Waals surface area contributed by atoms with Gasteiger partial charge in [-0.3, -0.25) is 0 Å². The number of ether oxygens (including phenoxy) is 1. The van der Waals surface area contributed by atoms with Gasteiger partial charge in [-0.15, -0.1) is 0 Å². The number of alkyl halides is 6. The van der Waals surface area contributed by atoms with Crippen LogP contribution < -0.4 is 0 Å². The molecule has 0 saturated heterocycles. The summed E-state index contributed by atoms with van der Waals surface area (Å²) in [5.74, 6) is 0. The Morgan fingerprint density at radius 2 is 0.943 bits per heavy atom. The van der Waals surface area contributed by atoms with Crippen molar-refractivity contribution in [3.63, 3.8) is 0 Å². The van der Waals surface area contributed by atoms with Gasteiger partial charge in [0.15, 0.2) is 0 Å². The molecule has 0 aromatic carbocycles. The van der Waals surface area contributed by atoms with Crippen molar-refractivity contribution in [1.82, 2.24) is 3.48 Å². The molecule has 0 spiro atoms. The van der Waals surface area contributed by atoms with Gasteiger partial charge >= 0.3 is 206 Å². The van der Waals surface area contributed by atoms with Crippen LogP contribution in [0.4, 0.5) is 26.3 Å². The van der Waals surface area contributed by atoms with E-state index in [-0.39, 0.29) is 44.4 Å². The minimum absolute atomic E-state index is 0.105. The average Bonchev–Trinajstić information content (AvgIpc) is 2.71. The van der Waals surface area contributed by atoms with Gasteiger partial charge < -0.3 is 0 Å². The molecule has 0 bridgehead atoms. The van der Waals surface area contributed by atoms with Gasteiger partial charge in [0.25, 0.3) is 0 Å². The van der Waals surface area contributed by atoms with Gasteiger partial charge in [0.2, 0.25) is 0 Å². The fraction of sp³-hybridized carbons (Fsp3) is 1.00. The van der Waals surface area contributed by atoms with Crippen molar-refractivity contribution in [2.24, 2.45) is 0 Å². The van der Waals surface area contributed by atoms with E-state index in [0.29, 0.717) is 38.5 Å². The molecule has 0 unspecified atom stereocenters. The predicted molar refractivity (Wildman–Crippen MR) is 129 cm³/mol. The molecule has 0 aromatic rings. The van der Waals surface area contributed by atoms with Crippen LogP contribution in [0, 0.1) is 0 Å². The second kappa shape index (κ2) is 13.6. The first-order chi connectivity index (χ1) is 15.9. The van der Waals surface area contributed by atoms with E-state index < -0.39 is 47.5 Å². The van der Waals surface area contributed by atoms with Crippen molar-refractivity contribution in [3.8, 4) is 0 Å². The van der Waals surface area contributed by atoms with Crippen molar-refractivity contribution in [2.45, 2.75) is 89.6 Å². The number of unbranched alkanes of at least 4 members (excludes halogenated alkanes) is 6. The topological polar surface area (TPSA) is 80.8 Å². The van der Waals surface area contributed by atoms with Gasteiger partial charge in [0.05, 0.1) is 0 Å². The summed E-state index contributed by atoms with van der Waals surface area (Å²) >= 11 is 0. The zero-order valence-electron chi connectivity index (χ0n) is 20.9. The molecule has 0 aliphatic carbocycles. The first-order valence-electron chi connectivity index (χ1n) is 11.9. The van der Waals surface area contributed by atoms with Crippen LogP contribution in [0.3, 0.4) is 0 Å². The molecule has 214 valence electrons. The zero-order chi connectivity index (χ0) is 27.6. The summed E-state index contributed by atoms with van der Waals surface area (Å²) in [4.78, 5) is 0. The third-order valence-corrected chi connectivity index (χ3v) is 20.2. The Balaban J connectivity index is 7.78. The fourth-order valence-corrected chi connectivity index (χ4v) is 19.6. The van der Waals surface area contributed by atoms with Crippen LogP contribution in [0.5, 0.6) is 0 Å². The quantitative estimate of drug-likeness (QED) is 0.102. The molecule has 6 nitrogen and oxygen atoms in total. The number of hydrogen-bond donors (Lipinski definition) is 0. The van der Waals surface area contributed by atoms with Crippen molar-refractivity contribution >= 4 is 26.8 Å². The first-order valence-corrected chi connectivity index (χ1v) is 17.7. The number of methoxy groups -OCH3 is 1. The molecule has 0 heterocycles. The number of nitrogens with zero attached hydrogens (tertiary/aromatic N) is 1. The Hall–Kier alpha value is -0.170. The van der Waals surface area contributed by atoms with Crippen LogP contribution in [-0.4, -0.2) is 69.7 Å². The van der Waals surface area contributed by atoms with Crippen molar-refractivity contribution in [1.29, 1.82) is 0 Å². The van der Waals surface area contributed by atoms with E-state index in [0.717, 1.165) is 0 Å². The fourth-order valence-electron chi connectivity index (χ4n) is 4.54. The number of halogens is 6. The van der Waals surface area contributed by atoms with Crippen LogP contribution in [0.2, 0.25) is 0 Å². The number of sulfonamides is 2. The summed E-state index contributed by atoms with van der Waals surface area (Å²) < 4.78 is 139. The SMILES string of the molecule is CCCCCP(CCCCC)(CCCCC)(CCOC)N(S(=O)(=O)C(F)(F)F)S(=O)(=O)C(F)(F)F. The van der Waals surface area contributed by atoms with E-state index in [9.17, 15) is 43.2 Å². The van der Waals surface area contributed by atoms with Crippen molar-refractivity contribution < 1.29 is 47.9 Å². The van der Waals surface area contributed by atoms with Crippen LogP contribution >= 0.6 is 6.75 Å². The molecular weight excluding hydrogens is 543 g/mol. The molecule has 15 heteroatoms. The maximum absolute atomic E-state index is 13.9. The van der Waals surface area contributed by atoms with Crippen LogP contribution in [0.25, 0.3) is 0 Å². The Morgan fingerprint density at radius 1 is 0.629 bits per heavy atom. The summed E-state index contributed by atoms with van der Waals surface area (Å²) in [5, 5.41) is 0. The molecule has 0 rings (SSSR count). The molecule has 0 N–H and O–H groups in total. The van der Waals surface area contributed by atoms with Crippen molar-refractivity contribution in [3.05, 3.63) is 0 Å². The number of rotatable bonds is 18. The molecule has 0 radical (unpaired) electrons. The zero-order valence-corrected chi connectivity index (χ0v) is 23.4. The Bertz CT molecular complexity index is 774. The predicted octanol–water partition coefficient (Wildman–Crippen LogP) is 6.67. The summed E-state index contributed by atoms with van der Waals surface area (Å²) in [6.07, 6.45) is 1.65. The molecule has 0 fully saturated rings. The molecule has 0 aromatic heterocycles. The molecule has 0 aliphatic rings. The van der Waals surface area contributed by atoms with Gasteiger partial charge in [0.1, 0.15) is 0 Å². The third kappa shape index (κ3) is 8.15. The van der Waals surface area contributed by atoms with E-state index in [1.165, 1.54) is 7.11 Å². The van der Waals surface area contributed by atoms with Crippen LogP contribution in [0.15, 0.2) is 0 Å². The molecule has 35 heavy (non-hydrogen) atoms. The summed E-state index contributed by atoms with van der Waals surface area (Å²) in [5.41, 5.74) is -12.5. The minimum atomic E-state index is -6.91. The summed E-state index contributed by atoms with van der Waals surface area (Å²) in [7, 11) is -12.6. The van der Waals surface area contributed by atoms with Gasteiger partial charge in [-0.05, 0) is 0 Å². The molecule has 0 saturated carbocycles.